The van der Waals surface area contributed by atoms with Crippen molar-refractivity contribution >= 4 is 17.7 Å². The van der Waals surface area contributed by atoms with Crippen molar-refractivity contribution in [1.82, 2.24) is 10.2 Å². The third-order valence-electron chi connectivity index (χ3n) is 3.81. The summed E-state index contributed by atoms with van der Waals surface area (Å²) >= 11 is 2.10. The lowest BCUT2D eigenvalue weighted by Crippen LogP contribution is -2.48. The summed E-state index contributed by atoms with van der Waals surface area (Å²) in [4.78, 5) is 6.87. The highest BCUT2D eigenvalue weighted by molar-refractivity contribution is 8.00. The molecule has 1 fully saturated rings. The molecule has 1 unspecified atom stereocenters. The normalized spacial score (nSPS) is 21.5. The van der Waals surface area contributed by atoms with Crippen LogP contribution in [0.5, 0.6) is 0 Å². The summed E-state index contributed by atoms with van der Waals surface area (Å²) < 4.78 is 0. The second-order valence-electron chi connectivity index (χ2n) is 4.96. The number of nitrogens with zero attached hydrogens (tertiary/aromatic N) is 2. The minimum atomic E-state index is 0.767. The van der Waals surface area contributed by atoms with Gasteiger partial charge in [-0.1, -0.05) is 33.6 Å². The fourth-order valence-electron chi connectivity index (χ4n) is 2.30. The van der Waals surface area contributed by atoms with Gasteiger partial charge in [-0.25, -0.2) is 0 Å². The Kier molecular flexibility index (Phi) is 7.56. The lowest BCUT2D eigenvalue weighted by Gasteiger charge is -2.34. The first kappa shape index (κ1) is 15.7. The molecule has 1 aliphatic rings. The summed E-state index contributed by atoms with van der Waals surface area (Å²) in [6.07, 6.45) is 3.74. The zero-order chi connectivity index (χ0) is 13.4. The molecule has 1 atom stereocenters. The van der Waals surface area contributed by atoms with E-state index in [1.54, 1.807) is 0 Å². The van der Waals surface area contributed by atoms with Gasteiger partial charge in [-0.05, 0) is 12.3 Å². The molecule has 0 aromatic carbocycles. The Bertz CT molecular complexity index is 251. The fourth-order valence-corrected chi connectivity index (χ4v) is 3.48. The molecule has 3 nitrogen and oxygen atoms in total. The summed E-state index contributed by atoms with van der Waals surface area (Å²) in [5.74, 6) is 3.09. The summed E-state index contributed by atoms with van der Waals surface area (Å²) in [7, 11) is 1.90. The van der Waals surface area contributed by atoms with E-state index in [1.165, 1.54) is 25.0 Å². The van der Waals surface area contributed by atoms with Crippen molar-refractivity contribution in [2.75, 3.05) is 32.4 Å². The van der Waals surface area contributed by atoms with Gasteiger partial charge in [0.15, 0.2) is 5.96 Å². The zero-order valence-corrected chi connectivity index (χ0v) is 13.2. The van der Waals surface area contributed by atoms with Crippen LogP contribution in [-0.4, -0.2) is 48.5 Å². The van der Waals surface area contributed by atoms with E-state index < -0.39 is 0 Å². The van der Waals surface area contributed by atoms with Gasteiger partial charge in [0.2, 0.25) is 0 Å². The number of nitrogens with one attached hydrogen (secondary N) is 1. The van der Waals surface area contributed by atoms with Gasteiger partial charge in [-0.15, -0.1) is 0 Å². The molecular weight excluding hydrogens is 242 g/mol. The van der Waals surface area contributed by atoms with E-state index in [0.29, 0.717) is 0 Å². The second-order valence-corrected chi connectivity index (χ2v) is 6.37. The third kappa shape index (κ3) is 4.71. The molecule has 0 radical (unpaired) electrons. The second kappa shape index (κ2) is 8.68. The van der Waals surface area contributed by atoms with E-state index in [4.69, 9.17) is 0 Å². The number of guanidine groups is 1. The predicted octanol–water partition coefficient (Wildman–Crippen LogP) is 2.83. The first-order valence-corrected chi connectivity index (χ1v) is 8.37. The van der Waals surface area contributed by atoms with Crippen LogP contribution >= 0.6 is 11.8 Å². The Hall–Kier alpha value is -0.380. The van der Waals surface area contributed by atoms with E-state index >= 15 is 0 Å². The van der Waals surface area contributed by atoms with Crippen LogP contribution in [0, 0.1) is 5.92 Å². The lowest BCUT2D eigenvalue weighted by atomic mass is 10.0. The third-order valence-corrected chi connectivity index (χ3v) is 5.18. The minimum absolute atomic E-state index is 0.767. The van der Waals surface area contributed by atoms with Gasteiger partial charge in [0.05, 0.1) is 0 Å². The molecule has 0 aromatic rings. The Morgan fingerprint density at radius 3 is 2.67 bits per heavy atom. The smallest absolute Gasteiger partial charge is 0.193 e. The van der Waals surface area contributed by atoms with E-state index in [9.17, 15) is 0 Å². The maximum absolute atomic E-state index is 4.44. The van der Waals surface area contributed by atoms with Crippen molar-refractivity contribution in [2.45, 2.75) is 45.3 Å². The maximum atomic E-state index is 4.44. The highest BCUT2D eigenvalue weighted by Gasteiger charge is 2.21. The van der Waals surface area contributed by atoms with Crippen molar-refractivity contribution in [3.63, 3.8) is 0 Å². The van der Waals surface area contributed by atoms with Crippen LogP contribution in [0.4, 0.5) is 0 Å². The number of aliphatic imine (C=N–C) groups is 1. The molecule has 0 aromatic heterocycles. The summed E-state index contributed by atoms with van der Waals surface area (Å²) in [5, 5.41) is 4.32. The van der Waals surface area contributed by atoms with Crippen molar-refractivity contribution in [1.29, 1.82) is 0 Å². The predicted molar refractivity (Wildman–Crippen MR) is 83.5 cm³/mol. The molecule has 0 bridgehead atoms. The molecule has 18 heavy (non-hydrogen) atoms. The van der Waals surface area contributed by atoms with Gasteiger partial charge in [-0.2, -0.15) is 11.8 Å². The molecule has 0 spiro atoms. The Morgan fingerprint density at radius 1 is 1.39 bits per heavy atom. The van der Waals surface area contributed by atoms with Gasteiger partial charge >= 0.3 is 0 Å². The topological polar surface area (TPSA) is 27.6 Å². The number of rotatable bonds is 5. The number of thioether (sulfide) groups is 1. The molecule has 1 rings (SSSR count). The summed E-state index contributed by atoms with van der Waals surface area (Å²) in [6.45, 7) is 10.1. The molecule has 1 N–H and O–H groups in total. The monoisotopic (exact) mass is 271 g/mol. The van der Waals surface area contributed by atoms with Gasteiger partial charge < -0.3 is 10.2 Å². The fraction of sp³-hybridized carbons (Fsp3) is 0.929. The van der Waals surface area contributed by atoms with Crippen molar-refractivity contribution in [3.05, 3.63) is 0 Å². The molecule has 1 heterocycles. The average molecular weight is 271 g/mol. The van der Waals surface area contributed by atoms with Crippen molar-refractivity contribution in [3.8, 4) is 0 Å². The van der Waals surface area contributed by atoms with E-state index in [1.807, 2.05) is 7.05 Å². The number of hydrogen-bond acceptors (Lipinski definition) is 2. The zero-order valence-electron chi connectivity index (χ0n) is 12.4. The van der Waals surface area contributed by atoms with Gasteiger partial charge in [0, 0.05) is 37.7 Å². The molecule has 0 amide bonds. The van der Waals surface area contributed by atoms with E-state index in [0.717, 1.165) is 36.8 Å². The molecule has 1 saturated heterocycles. The average Bonchev–Trinajstić information content (AvgIpc) is 2.44. The van der Waals surface area contributed by atoms with Crippen LogP contribution in [0.15, 0.2) is 4.99 Å². The highest BCUT2D eigenvalue weighted by atomic mass is 32.2. The molecule has 106 valence electrons. The van der Waals surface area contributed by atoms with Crippen LogP contribution < -0.4 is 5.32 Å². The van der Waals surface area contributed by atoms with Crippen LogP contribution in [0.1, 0.15) is 40.0 Å². The quantitative estimate of drug-likeness (QED) is 0.615. The summed E-state index contributed by atoms with van der Waals surface area (Å²) in [6, 6.07) is 0. The Morgan fingerprint density at radius 2 is 2.11 bits per heavy atom. The molecular formula is C14H29N3S. The highest BCUT2D eigenvalue weighted by Crippen LogP contribution is 2.21. The largest absolute Gasteiger partial charge is 0.356 e. The molecule has 0 aliphatic carbocycles. The Labute approximate surface area is 117 Å². The van der Waals surface area contributed by atoms with Gasteiger partial charge in [0.25, 0.3) is 0 Å². The minimum Gasteiger partial charge on any atom is -0.356 e. The molecule has 4 heteroatoms. The van der Waals surface area contributed by atoms with Crippen LogP contribution in [0.25, 0.3) is 0 Å². The first-order valence-electron chi connectivity index (χ1n) is 7.32. The summed E-state index contributed by atoms with van der Waals surface area (Å²) in [5.41, 5.74) is 0. The lowest BCUT2D eigenvalue weighted by molar-refractivity contribution is 0.396. The van der Waals surface area contributed by atoms with Crippen molar-refractivity contribution < 1.29 is 0 Å². The first-order chi connectivity index (χ1) is 8.74. The van der Waals surface area contributed by atoms with Crippen LogP contribution in [-0.2, 0) is 0 Å². The molecule has 1 aliphatic heterocycles. The maximum Gasteiger partial charge on any atom is 0.193 e. The number of hydrogen-bond donors (Lipinski definition) is 1. The van der Waals surface area contributed by atoms with E-state index in [-0.39, 0.29) is 0 Å². The Balaban J connectivity index is 2.45. The van der Waals surface area contributed by atoms with Gasteiger partial charge in [-0.3, -0.25) is 4.99 Å². The van der Waals surface area contributed by atoms with E-state index in [2.05, 4.69) is 47.7 Å². The van der Waals surface area contributed by atoms with Crippen LogP contribution in [0.3, 0.4) is 0 Å². The standard InChI is InChI=1S/C14H29N3S/c1-5-12(6-2)10-16-14(15-4)17-8-9-18-13(7-3)11-17/h12-13H,5-11H2,1-4H3,(H,15,16). The van der Waals surface area contributed by atoms with Crippen LogP contribution in [0.2, 0.25) is 0 Å². The van der Waals surface area contributed by atoms with Gasteiger partial charge in [0.1, 0.15) is 0 Å². The molecule has 0 saturated carbocycles. The SMILES string of the molecule is CCC(CC)CNC(=NC)N1CCSC(CC)C1. The van der Waals surface area contributed by atoms with Crippen molar-refractivity contribution in [2.24, 2.45) is 10.9 Å².